The molecule has 0 N–H and O–H groups in total. The van der Waals surface area contributed by atoms with E-state index in [1.54, 1.807) is 0 Å². The zero-order valence-corrected chi connectivity index (χ0v) is 15.2. The molecular formula is C25H23N. The van der Waals surface area contributed by atoms with Gasteiger partial charge in [-0.2, -0.15) is 0 Å². The molecule has 128 valence electrons. The number of rotatable bonds is 2. The Bertz CT molecular complexity index is 1130. The maximum absolute atomic E-state index is 2.39. The van der Waals surface area contributed by atoms with Crippen molar-refractivity contribution >= 4 is 33.0 Å². The van der Waals surface area contributed by atoms with Gasteiger partial charge in [0.2, 0.25) is 0 Å². The van der Waals surface area contributed by atoms with E-state index >= 15 is 0 Å². The number of allylic oxidation sites excluding steroid dienone is 8. The van der Waals surface area contributed by atoms with Crippen LogP contribution in [0.2, 0.25) is 0 Å². The van der Waals surface area contributed by atoms with Gasteiger partial charge in [0.25, 0.3) is 0 Å². The first kappa shape index (κ1) is 15.5. The maximum atomic E-state index is 2.39. The number of aryl methyl sites for hydroxylation is 1. The highest BCUT2D eigenvalue weighted by molar-refractivity contribution is 6.09. The molecule has 0 atom stereocenters. The molecule has 3 aromatic rings. The molecule has 2 aliphatic carbocycles. The van der Waals surface area contributed by atoms with Gasteiger partial charge in [0.1, 0.15) is 0 Å². The Labute approximate surface area is 154 Å². The van der Waals surface area contributed by atoms with Crippen LogP contribution in [0, 0.1) is 0 Å². The highest BCUT2D eigenvalue weighted by Gasteiger charge is 2.12. The van der Waals surface area contributed by atoms with Crippen LogP contribution < -0.4 is 0 Å². The largest absolute Gasteiger partial charge is 0.344 e. The van der Waals surface area contributed by atoms with Gasteiger partial charge in [-0.25, -0.2) is 0 Å². The summed E-state index contributed by atoms with van der Waals surface area (Å²) in [4.78, 5) is 0. The van der Waals surface area contributed by atoms with E-state index in [1.807, 2.05) is 0 Å². The Morgan fingerprint density at radius 1 is 0.808 bits per heavy atom. The van der Waals surface area contributed by atoms with Crippen LogP contribution in [0.3, 0.4) is 0 Å². The Morgan fingerprint density at radius 3 is 2.27 bits per heavy atom. The zero-order valence-electron chi connectivity index (χ0n) is 15.2. The summed E-state index contributed by atoms with van der Waals surface area (Å²) in [5.74, 6) is 0. The highest BCUT2D eigenvalue weighted by atomic mass is 14.9. The lowest BCUT2D eigenvalue weighted by atomic mass is 9.95. The quantitative estimate of drug-likeness (QED) is 0.484. The summed E-state index contributed by atoms with van der Waals surface area (Å²) in [5, 5.41) is 2.71. The predicted octanol–water partition coefficient (Wildman–Crippen LogP) is 6.80. The lowest BCUT2D eigenvalue weighted by Gasteiger charge is -2.10. The van der Waals surface area contributed by atoms with Crippen molar-refractivity contribution in [2.24, 2.45) is 7.05 Å². The third-order valence-electron chi connectivity index (χ3n) is 5.72. The van der Waals surface area contributed by atoms with Crippen molar-refractivity contribution < 1.29 is 0 Å². The predicted molar refractivity (Wildman–Crippen MR) is 113 cm³/mol. The smallest absolute Gasteiger partial charge is 0.0489 e. The van der Waals surface area contributed by atoms with Gasteiger partial charge < -0.3 is 4.57 Å². The van der Waals surface area contributed by atoms with E-state index in [-0.39, 0.29) is 0 Å². The van der Waals surface area contributed by atoms with Crippen LogP contribution in [0.1, 0.15) is 36.8 Å². The summed E-state index contributed by atoms with van der Waals surface area (Å²) < 4.78 is 2.32. The van der Waals surface area contributed by atoms with Crippen LogP contribution in [-0.4, -0.2) is 4.57 Å². The van der Waals surface area contributed by atoms with Crippen molar-refractivity contribution in [1.29, 1.82) is 0 Å². The molecule has 0 aliphatic heterocycles. The monoisotopic (exact) mass is 337 g/mol. The van der Waals surface area contributed by atoms with Crippen LogP contribution in [0.4, 0.5) is 0 Å². The minimum Gasteiger partial charge on any atom is -0.344 e. The molecule has 2 aliphatic rings. The molecule has 1 heterocycles. The number of fused-ring (bicyclic) bond motifs is 3. The molecule has 26 heavy (non-hydrogen) atoms. The molecule has 5 rings (SSSR count). The van der Waals surface area contributed by atoms with Crippen LogP contribution in [-0.2, 0) is 7.05 Å². The first-order chi connectivity index (χ1) is 12.8. The van der Waals surface area contributed by atoms with Crippen molar-refractivity contribution in [3.05, 3.63) is 84.0 Å². The Hall–Kier alpha value is -2.80. The van der Waals surface area contributed by atoms with Gasteiger partial charge in [0.15, 0.2) is 0 Å². The van der Waals surface area contributed by atoms with Crippen molar-refractivity contribution in [3.8, 4) is 0 Å². The van der Waals surface area contributed by atoms with E-state index < -0.39 is 0 Å². The highest BCUT2D eigenvalue weighted by Crippen LogP contribution is 2.34. The molecule has 0 radical (unpaired) electrons. The fourth-order valence-corrected chi connectivity index (χ4v) is 4.27. The molecule has 1 nitrogen and oxygen atoms in total. The number of aromatic nitrogens is 1. The summed E-state index contributed by atoms with van der Waals surface area (Å²) in [5.41, 5.74) is 8.09. The van der Waals surface area contributed by atoms with Gasteiger partial charge in [-0.3, -0.25) is 0 Å². The third-order valence-corrected chi connectivity index (χ3v) is 5.72. The molecule has 2 aromatic carbocycles. The standard InChI is InChI=1S/C25H23N/c1-26-24-14-12-20(18-8-4-2-5-9-18)16-22(24)23-17-21(13-15-25(23)26)19-10-6-3-7-11-19/h2,4,6,8,10-17H,3,5,7,9H2,1H3. The molecule has 0 bridgehead atoms. The van der Waals surface area contributed by atoms with E-state index in [1.165, 1.54) is 44.1 Å². The first-order valence-corrected chi connectivity index (χ1v) is 9.56. The molecule has 1 aromatic heterocycles. The van der Waals surface area contributed by atoms with Gasteiger partial charge in [0, 0.05) is 28.9 Å². The molecule has 0 spiro atoms. The van der Waals surface area contributed by atoms with E-state index in [9.17, 15) is 0 Å². The number of hydrogen-bond donors (Lipinski definition) is 0. The van der Waals surface area contributed by atoms with E-state index in [4.69, 9.17) is 0 Å². The van der Waals surface area contributed by atoms with Crippen LogP contribution in [0.5, 0.6) is 0 Å². The normalized spacial score (nSPS) is 17.0. The lowest BCUT2D eigenvalue weighted by Crippen LogP contribution is -1.89. The van der Waals surface area contributed by atoms with Crippen molar-refractivity contribution in [2.75, 3.05) is 0 Å². The fraction of sp³-hybridized carbons (Fsp3) is 0.200. The number of hydrogen-bond acceptors (Lipinski definition) is 0. The van der Waals surface area contributed by atoms with Crippen molar-refractivity contribution in [2.45, 2.75) is 25.7 Å². The van der Waals surface area contributed by atoms with Gasteiger partial charge in [-0.1, -0.05) is 48.6 Å². The second kappa shape index (κ2) is 6.17. The van der Waals surface area contributed by atoms with Crippen molar-refractivity contribution in [1.82, 2.24) is 4.57 Å². The summed E-state index contributed by atoms with van der Waals surface area (Å²) in [7, 11) is 2.17. The molecule has 1 heteroatoms. The lowest BCUT2D eigenvalue weighted by molar-refractivity contribution is 1.01. The third kappa shape index (κ3) is 2.47. The van der Waals surface area contributed by atoms with Crippen LogP contribution >= 0.6 is 0 Å². The second-order valence-electron chi connectivity index (χ2n) is 7.32. The summed E-state index contributed by atoms with van der Waals surface area (Å²) in [6.45, 7) is 0. The number of benzene rings is 2. The fourth-order valence-electron chi connectivity index (χ4n) is 4.27. The molecule has 0 amide bonds. The van der Waals surface area contributed by atoms with E-state index in [2.05, 4.69) is 84.5 Å². The topological polar surface area (TPSA) is 4.93 Å². The van der Waals surface area contributed by atoms with E-state index in [0.29, 0.717) is 0 Å². The summed E-state index contributed by atoms with van der Waals surface area (Å²) in [6.07, 6.45) is 18.2. The van der Waals surface area contributed by atoms with Gasteiger partial charge in [0.05, 0.1) is 0 Å². The zero-order chi connectivity index (χ0) is 17.5. The van der Waals surface area contributed by atoms with Crippen LogP contribution in [0.15, 0.2) is 72.9 Å². The van der Waals surface area contributed by atoms with Crippen molar-refractivity contribution in [3.63, 3.8) is 0 Å². The Balaban J connectivity index is 1.72. The first-order valence-electron chi connectivity index (χ1n) is 9.56. The van der Waals surface area contributed by atoms with Crippen LogP contribution in [0.25, 0.3) is 33.0 Å². The molecule has 0 saturated heterocycles. The van der Waals surface area contributed by atoms with E-state index in [0.717, 1.165) is 25.7 Å². The number of nitrogens with zero attached hydrogens (tertiary/aromatic N) is 1. The summed E-state index contributed by atoms with van der Waals surface area (Å²) in [6, 6.07) is 13.9. The Kier molecular flexibility index (Phi) is 3.67. The molecular weight excluding hydrogens is 314 g/mol. The second-order valence-corrected chi connectivity index (χ2v) is 7.32. The minimum absolute atomic E-state index is 1.13. The van der Waals surface area contributed by atoms with Gasteiger partial charge in [-0.05, 0) is 72.2 Å². The molecule has 0 unspecified atom stereocenters. The Morgan fingerprint density at radius 2 is 1.58 bits per heavy atom. The average molecular weight is 337 g/mol. The average Bonchev–Trinajstić information content (AvgIpc) is 3.01. The minimum atomic E-state index is 1.13. The molecule has 0 fully saturated rings. The SMILES string of the molecule is Cn1c2ccc(C3=CCCC=C3)cc2c2cc(C3=CC=CCC3)ccc21. The van der Waals surface area contributed by atoms with Gasteiger partial charge >= 0.3 is 0 Å². The van der Waals surface area contributed by atoms with Gasteiger partial charge in [-0.15, -0.1) is 0 Å². The summed E-state index contributed by atoms with van der Waals surface area (Å²) >= 11 is 0. The maximum Gasteiger partial charge on any atom is 0.0489 e. The molecule has 0 saturated carbocycles.